The Balaban J connectivity index is 2.27. The van der Waals surface area contributed by atoms with Gasteiger partial charge >= 0.3 is 0 Å². The summed E-state index contributed by atoms with van der Waals surface area (Å²) in [6.07, 6.45) is 3.76. The van der Waals surface area contributed by atoms with E-state index in [2.05, 4.69) is 17.0 Å². The average molecular weight is 234 g/mol. The third-order valence-electron chi connectivity index (χ3n) is 3.59. The number of para-hydroxylation sites is 1. The first-order chi connectivity index (χ1) is 8.24. The third-order valence-corrected chi connectivity index (χ3v) is 3.59. The lowest BCUT2D eigenvalue weighted by molar-refractivity contribution is 0.283. The van der Waals surface area contributed by atoms with Crippen LogP contribution in [0.15, 0.2) is 24.3 Å². The van der Waals surface area contributed by atoms with Gasteiger partial charge < -0.3 is 15.7 Å². The van der Waals surface area contributed by atoms with Crippen LogP contribution >= 0.6 is 0 Å². The third kappa shape index (κ3) is 2.61. The van der Waals surface area contributed by atoms with Crippen LogP contribution in [0.3, 0.4) is 0 Å². The van der Waals surface area contributed by atoms with Gasteiger partial charge in [-0.05, 0) is 37.8 Å². The van der Waals surface area contributed by atoms with Crippen LogP contribution in [0.4, 0.5) is 5.69 Å². The molecule has 17 heavy (non-hydrogen) atoms. The molecule has 0 radical (unpaired) electrons. The van der Waals surface area contributed by atoms with Crippen molar-refractivity contribution >= 4 is 5.69 Å². The molecule has 0 spiro atoms. The molecule has 3 nitrogen and oxygen atoms in total. The summed E-state index contributed by atoms with van der Waals surface area (Å²) >= 11 is 0. The van der Waals surface area contributed by atoms with Crippen molar-refractivity contribution in [1.82, 2.24) is 0 Å². The van der Waals surface area contributed by atoms with Crippen molar-refractivity contribution in [3.05, 3.63) is 29.8 Å². The predicted molar refractivity (Wildman–Crippen MR) is 71.1 cm³/mol. The van der Waals surface area contributed by atoms with Crippen LogP contribution in [0.5, 0.6) is 0 Å². The first-order valence-electron chi connectivity index (χ1n) is 6.46. The van der Waals surface area contributed by atoms with Crippen molar-refractivity contribution in [2.45, 2.75) is 38.3 Å². The highest BCUT2D eigenvalue weighted by Gasteiger charge is 2.26. The van der Waals surface area contributed by atoms with Crippen molar-refractivity contribution in [2.24, 2.45) is 5.73 Å². The first-order valence-corrected chi connectivity index (χ1v) is 6.46. The zero-order valence-corrected chi connectivity index (χ0v) is 10.5. The number of aliphatic hydroxyl groups excluding tert-OH is 1. The van der Waals surface area contributed by atoms with Crippen LogP contribution in [-0.2, 0) is 0 Å². The van der Waals surface area contributed by atoms with Crippen molar-refractivity contribution in [3.63, 3.8) is 0 Å². The normalized spacial score (nSPS) is 17.6. The minimum absolute atomic E-state index is 0.0347. The van der Waals surface area contributed by atoms with Gasteiger partial charge in [-0.2, -0.15) is 0 Å². The van der Waals surface area contributed by atoms with Gasteiger partial charge in [0.2, 0.25) is 0 Å². The number of anilines is 1. The molecule has 0 aliphatic heterocycles. The summed E-state index contributed by atoms with van der Waals surface area (Å²) in [6.45, 7) is 2.91. The largest absolute Gasteiger partial charge is 0.395 e. The number of rotatable bonds is 5. The summed E-state index contributed by atoms with van der Waals surface area (Å²) in [5.41, 5.74) is 8.39. The Kier molecular flexibility index (Phi) is 4.02. The van der Waals surface area contributed by atoms with Crippen molar-refractivity contribution in [3.8, 4) is 0 Å². The number of nitrogens with two attached hydrogens (primary N) is 1. The van der Waals surface area contributed by atoms with Crippen LogP contribution < -0.4 is 10.6 Å². The van der Waals surface area contributed by atoms with E-state index in [9.17, 15) is 5.11 Å². The lowest BCUT2D eigenvalue weighted by Gasteiger charge is -2.40. The molecule has 0 amide bonds. The van der Waals surface area contributed by atoms with Crippen molar-refractivity contribution in [2.75, 3.05) is 18.1 Å². The topological polar surface area (TPSA) is 49.5 Å². The maximum Gasteiger partial charge on any atom is 0.0606 e. The molecule has 1 atom stereocenters. The number of benzene rings is 1. The van der Waals surface area contributed by atoms with E-state index in [0.717, 1.165) is 0 Å². The van der Waals surface area contributed by atoms with Gasteiger partial charge in [-0.3, -0.25) is 0 Å². The van der Waals surface area contributed by atoms with E-state index in [1.165, 1.54) is 30.5 Å². The average Bonchev–Trinajstić information content (AvgIpc) is 2.26. The first kappa shape index (κ1) is 12.4. The molecule has 1 aliphatic rings. The minimum atomic E-state index is 0.0347. The van der Waals surface area contributed by atoms with E-state index in [-0.39, 0.29) is 12.6 Å². The molecule has 0 aromatic heterocycles. The molecule has 1 aromatic carbocycles. The highest BCUT2D eigenvalue weighted by atomic mass is 16.3. The molecule has 3 N–H and O–H groups in total. The van der Waals surface area contributed by atoms with E-state index < -0.39 is 0 Å². The molecule has 0 heterocycles. The van der Waals surface area contributed by atoms with Crippen molar-refractivity contribution in [1.29, 1.82) is 0 Å². The van der Waals surface area contributed by atoms with Gasteiger partial charge in [-0.15, -0.1) is 0 Å². The molecule has 1 saturated carbocycles. The number of aliphatic hydroxyl groups is 1. The Morgan fingerprint density at radius 2 is 2.12 bits per heavy atom. The highest BCUT2D eigenvalue weighted by molar-refractivity contribution is 5.56. The van der Waals surface area contributed by atoms with Gasteiger partial charge in [0.15, 0.2) is 0 Å². The van der Waals surface area contributed by atoms with Gasteiger partial charge in [0, 0.05) is 24.3 Å². The second-order valence-electron chi connectivity index (χ2n) is 4.85. The summed E-state index contributed by atoms with van der Waals surface area (Å²) < 4.78 is 0. The van der Waals surface area contributed by atoms with Gasteiger partial charge in [0.05, 0.1) is 6.61 Å². The molecular formula is C14H22N2O. The smallest absolute Gasteiger partial charge is 0.0606 e. The summed E-state index contributed by atoms with van der Waals surface area (Å²) in [7, 11) is 0. The maximum absolute atomic E-state index is 9.22. The van der Waals surface area contributed by atoms with Crippen LogP contribution in [-0.4, -0.2) is 24.3 Å². The van der Waals surface area contributed by atoms with E-state index >= 15 is 0 Å². The molecule has 0 bridgehead atoms. The predicted octanol–water partition coefficient (Wildman–Crippen LogP) is 2.06. The SMILES string of the molecule is C[C@H](N)c1ccccc1N(CCO)C1CCC1. The Morgan fingerprint density at radius 3 is 2.65 bits per heavy atom. The van der Waals surface area contributed by atoms with Gasteiger partial charge in [0.25, 0.3) is 0 Å². The van der Waals surface area contributed by atoms with E-state index in [0.29, 0.717) is 12.6 Å². The Morgan fingerprint density at radius 1 is 1.41 bits per heavy atom. The molecule has 1 fully saturated rings. The van der Waals surface area contributed by atoms with Crippen LogP contribution in [0.2, 0.25) is 0 Å². The lowest BCUT2D eigenvalue weighted by Crippen LogP contribution is -2.42. The van der Waals surface area contributed by atoms with Crippen LogP contribution in [0.1, 0.15) is 37.8 Å². The number of hydrogen-bond acceptors (Lipinski definition) is 3. The Bertz CT molecular complexity index is 361. The van der Waals surface area contributed by atoms with Crippen LogP contribution in [0.25, 0.3) is 0 Å². The van der Waals surface area contributed by atoms with Crippen molar-refractivity contribution < 1.29 is 5.11 Å². The molecule has 3 heteroatoms. The van der Waals surface area contributed by atoms with Gasteiger partial charge in [0.1, 0.15) is 0 Å². The molecule has 2 rings (SSSR count). The maximum atomic E-state index is 9.22. The Labute approximate surface area is 103 Å². The quantitative estimate of drug-likeness (QED) is 0.820. The highest BCUT2D eigenvalue weighted by Crippen LogP contribution is 2.33. The van der Waals surface area contributed by atoms with E-state index in [4.69, 9.17) is 5.73 Å². The fourth-order valence-electron chi connectivity index (χ4n) is 2.44. The lowest BCUT2D eigenvalue weighted by atomic mass is 9.90. The minimum Gasteiger partial charge on any atom is -0.395 e. The van der Waals surface area contributed by atoms with E-state index in [1.54, 1.807) is 0 Å². The molecule has 1 aromatic rings. The zero-order chi connectivity index (χ0) is 12.3. The second kappa shape index (κ2) is 5.52. The van der Waals surface area contributed by atoms with E-state index in [1.807, 2.05) is 19.1 Å². The molecule has 1 aliphatic carbocycles. The second-order valence-corrected chi connectivity index (χ2v) is 4.85. The van der Waals surface area contributed by atoms with Gasteiger partial charge in [-0.25, -0.2) is 0 Å². The monoisotopic (exact) mass is 234 g/mol. The van der Waals surface area contributed by atoms with Crippen LogP contribution in [0, 0.1) is 0 Å². The Hall–Kier alpha value is -1.06. The number of nitrogens with zero attached hydrogens (tertiary/aromatic N) is 1. The summed E-state index contributed by atoms with van der Waals surface area (Å²) in [4.78, 5) is 2.32. The summed E-state index contributed by atoms with van der Waals surface area (Å²) in [6, 6.07) is 8.90. The standard InChI is InChI=1S/C14H22N2O/c1-11(15)13-7-2-3-8-14(13)16(9-10-17)12-5-4-6-12/h2-3,7-8,11-12,17H,4-6,9-10,15H2,1H3/t11-/m0/s1. The summed E-state index contributed by atoms with van der Waals surface area (Å²) in [5.74, 6) is 0. The zero-order valence-electron chi connectivity index (χ0n) is 10.5. The van der Waals surface area contributed by atoms with Gasteiger partial charge in [-0.1, -0.05) is 18.2 Å². The molecular weight excluding hydrogens is 212 g/mol. The fraction of sp³-hybridized carbons (Fsp3) is 0.571. The molecule has 0 saturated heterocycles. The number of hydrogen-bond donors (Lipinski definition) is 2. The molecule has 0 unspecified atom stereocenters. The summed E-state index contributed by atoms with van der Waals surface area (Å²) in [5, 5.41) is 9.22. The fourth-order valence-corrected chi connectivity index (χ4v) is 2.44. The molecule has 94 valence electrons.